The Labute approximate surface area is 121 Å². The zero-order valence-corrected chi connectivity index (χ0v) is 12.4. The van der Waals surface area contributed by atoms with Crippen molar-refractivity contribution >= 4 is 0 Å². The largest absolute Gasteiger partial charge is 0.373 e. The first-order chi connectivity index (χ1) is 9.72. The lowest BCUT2D eigenvalue weighted by Crippen LogP contribution is -2.29. The van der Waals surface area contributed by atoms with Crippen molar-refractivity contribution in [2.75, 3.05) is 6.61 Å². The minimum absolute atomic E-state index is 0.101. The summed E-state index contributed by atoms with van der Waals surface area (Å²) in [5.74, 6) is 2.34. The summed E-state index contributed by atoms with van der Waals surface area (Å²) in [6.45, 7) is 3.23. The highest BCUT2D eigenvalue weighted by atomic mass is 19.1. The Morgan fingerprint density at radius 1 is 1.00 bits per heavy atom. The van der Waals surface area contributed by atoms with Crippen molar-refractivity contribution in [2.24, 2.45) is 17.8 Å². The van der Waals surface area contributed by atoms with Gasteiger partial charge < -0.3 is 4.74 Å². The van der Waals surface area contributed by atoms with Gasteiger partial charge in [0.1, 0.15) is 5.82 Å². The highest BCUT2D eigenvalue weighted by Crippen LogP contribution is 2.40. The van der Waals surface area contributed by atoms with Gasteiger partial charge in [-0.1, -0.05) is 31.9 Å². The average Bonchev–Trinajstić information content (AvgIpc) is 2.48. The van der Waals surface area contributed by atoms with Crippen molar-refractivity contribution in [3.05, 3.63) is 35.6 Å². The van der Waals surface area contributed by atoms with Crippen LogP contribution < -0.4 is 0 Å². The molecule has 1 saturated heterocycles. The Kier molecular flexibility index (Phi) is 4.40. The molecule has 1 heterocycles. The van der Waals surface area contributed by atoms with Crippen LogP contribution in [0.25, 0.3) is 0 Å². The molecule has 20 heavy (non-hydrogen) atoms. The van der Waals surface area contributed by atoms with E-state index in [9.17, 15) is 4.39 Å². The Hall–Kier alpha value is -0.890. The maximum atomic E-state index is 13.3. The van der Waals surface area contributed by atoms with E-state index in [-0.39, 0.29) is 11.9 Å². The molecule has 1 aliphatic heterocycles. The molecule has 3 rings (SSSR count). The first-order valence-electron chi connectivity index (χ1n) is 8.09. The highest BCUT2D eigenvalue weighted by Gasteiger charge is 2.30. The van der Waals surface area contributed by atoms with E-state index < -0.39 is 0 Å². The van der Waals surface area contributed by atoms with Crippen molar-refractivity contribution in [1.29, 1.82) is 0 Å². The number of halogens is 1. The number of hydrogen-bond donors (Lipinski definition) is 0. The minimum Gasteiger partial charge on any atom is -0.373 e. The van der Waals surface area contributed by atoms with Crippen LogP contribution in [0.3, 0.4) is 0 Å². The van der Waals surface area contributed by atoms with Crippen LogP contribution in [0.2, 0.25) is 0 Å². The summed E-state index contributed by atoms with van der Waals surface area (Å²) in [7, 11) is 0. The molecule has 1 aliphatic carbocycles. The predicted molar refractivity (Wildman–Crippen MR) is 78.9 cm³/mol. The highest BCUT2D eigenvalue weighted by molar-refractivity contribution is 5.19. The summed E-state index contributed by atoms with van der Waals surface area (Å²) >= 11 is 0. The van der Waals surface area contributed by atoms with Crippen LogP contribution in [0, 0.1) is 23.6 Å². The molecule has 2 unspecified atom stereocenters. The van der Waals surface area contributed by atoms with Crippen molar-refractivity contribution in [2.45, 2.75) is 51.6 Å². The Morgan fingerprint density at radius 3 is 2.40 bits per heavy atom. The van der Waals surface area contributed by atoms with Crippen LogP contribution in [-0.4, -0.2) is 6.61 Å². The molecule has 2 fully saturated rings. The first kappa shape index (κ1) is 14.1. The fraction of sp³-hybridized carbons (Fsp3) is 0.667. The van der Waals surface area contributed by atoms with Crippen molar-refractivity contribution < 1.29 is 9.13 Å². The second-order valence-electron chi connectivity index (χ2n) is 6.73. The van der Waals surface area contributed by atoms with E-state index in [0.29, 0.717) is 0 Å². The summed E-state index contributed by atoms with van der Waals surface area (Å²) in [4.78, 5) is 0. The SMILES string of the molecule is CC1CCC(C2CCC(c3cccc(F)c3)OC2)CC1. The van der Waals surface area contributed by atoms with Gasteiger partial charge in [-0.05, 0) is 61.1 Å². The molecule has 1 aromatic carbocycles. The predicted octanol–water partition coefficient (Wildman–Crippen LogP) is 5.12. The first-order valence-corrected chi connectivity index (χ1v) is 8.09. The molecule has 1 nitrogen and oxygen atoms in total. The number of ether oxygens (including phenoxy) is 1. The molecule has 0 aromatic heterocycles. The third-order valence-electron chi connectivity index (χ3n) is 5.26. The summed E-state index contributed by atoms with van der Waals surface area (Å²) in [5.41, 5.74) is 1.00. The van der Waals surface area contributed by atoms with Gasteiger partial charge in [-0.15, -0.1) is 0 Å². The fourth-order valence-corrected chi connectivity index (χ4v) is 3.87. The normalized spacial score (nSPS) is 34.9. The third kappa shape index (κ3) is 3.22. The third-order valence-corrected chi connectivity index (χ3v) is 5.26. The van der Waals surface area contributed by atoms with Crippen LogP contribution in [0.5, 0.6) is 0 Å². The number of hydrogen-bond acceptors (Lipinski definition) is 1. The lowest BCUT2D eigenvalue weighted by atomic mass is 9.74. The molecule has 0 N–H and O–H groups in total. The molecule has 110 valence electrons. The maximum Gasteiger partial charge on any atom is 0.123 e. The quantitative estimate of drug-likeness (QED) is 0.728. The molecular weight excluding hydrogens is 251 g/mol. The second-order valence-corrected chi connectivity index (χ2v) is 6.73. The van der Waals surface area contributed by atoms with E-state index in [0.717, 1.165) is 36.3 Å². The van der Waals surface area contributed by atoms with E-state index in [1.807, 2.05) is 6.07 Å². The topological polar surface area (TPSA) is 9.23 Å². The van der Waals surface area contributed by atoms with Gasteiger partial charge in [0.2, 0.25) is 0 Å². The lowest BCUT2D eigenvalue weighted by molar-refractivity contribution is -0.0401. The molecule has 1 aromatic rings. The Morgan fingerprint density at radius 2 is 1.75 bits per heavy atom. The van der Waals surface area contributed by atoms with Gasteiger partial charge in [0.25, 0.3) is 0 Å². The van der Waals surface area contributed by atoms with Gasteiger partial charge >= 0.3 is 0 Å². The van der Waals surface area contributed by atoms with Gasteiger partial charge in [-0.3, -0.25) is 0 Å². The molecule has 2 heteroatoms. The Balaban J connectivity index is 1.54. The summed E-state index contributed by atoms with van der Waals surface area (Å²) in [5, 5.41) is 0. The molecule has 0 amide bonds. The smallest absolute Gasteiger partial charge is 0.123 e. The fourth-order valence-electron chi connectivity index (χ4n) is 3.87. The van der Waals surface area contributed by atoms with E-state index in [2.05, 4.69) is 6.92 Å². The molecule has 0 bridgehead atoms. The molecule has 2 aliphatic rings. The summed E-state index contributed by atoms with van der Waals surface area (Å²) < 4.78 is 19.3. The number of benzene rings is 1. The van der Waals surface area contributed by atoms with Crippen molar-refractivity contribution in [3.8, 4) is 0 Å². The van der Waals surface area contributed by atoms with Crippen molar-refractivity contribution in [1.82, 2.24) is 0 Å². The van der Waals surface area contributed by atoms with E-state index in [1.165, 1.54) is 38.2 Å². The molecule has 2 atom stereocenters. The van der Waals surface area contributed by atoms with Crippen LogP contribution in [0.4, 0.5) is 4.39 Å². The zero-order valence-electron chi connectivity index (χ0n) is 12.4. The van der Waals surface area contributed by atoms with Crippen LogP contribution in [-0.2, 0) is 4.74 Å². The molecule has 0 radical (unpaired) electrons. The van der Waals surface area contributed by atoms with Gasteiger partial charge in [-0.2, -0.15) is 0 Å². The standard InChI is InChI=1S/C18H25FO/c1-13-5-7-14(8-6-13)16-9-10-18(20-12-16)15-3-2-4-17(19)11-15/h2-4,11,13-14,16,18H,5-10,12H2,1H3. The van der Waals surface area contributed by atoms with Crippen LogP contribution >= 0.6 is 0 Å². The van der Waals surface area contributed by atoms with E-state index >= 15 is 0 Å². The maximum absolute atomic E-state index is 13.3. The van der Waals surface area contributed by atoms with E-state index in [4.69, 9.17) is 4.74 Å². The second kappa shape index (κ2) is 6.26. The van der Waals surface area contributed by atoms with Gasteiger partial charge in [0, 0.05) is 0 Å². The van der Waals surface area contributed by atoms with Gasteiger partial charge in [-0.25, -0.2) is 4.39 Å². The van der Waals surface area contributed by atoms with Gasteiger partial charge in [0.15, 0.2) is 0 Å². The van der Waals surface area contributed by atoms with Gasteiger partial charge in [0.05, 0.1) is 12.7 Å². The molecule has 0 spiro atoms. The monoisotopic (exact) mass is 276 g/mol. The van der Waals surface area contributed by atoms with Crippen molar-refractivity contribution in [3.63, 3.8) is 0 Å². The molecule has 1 saturated carbocycles. The Bertz CT molecular complexity index is 429. The van der Waals surface area contributed by atoms with E-state index in [1.54, 1.807) is 12.1 Å². The summed E-state index contributed by atoms with van der Waals surface area (Å²) in [6, 6.07) is 6.88. The minimum atomic E-state index is -0.158. The molecular formula is C18H25FO. The van der Waals surface area contributed by atoms with Crippen LogP contribution in [0.1, 0.15) is 57.1 Å². The number of rotatable bonds is 2. The lowest BCUT2D eigenvalue weighted by Gasteiger charge is -2.37. The average molecular weight is 276 g/mol. The summed E-state index contributed by atoms with van der Waals surface area (Å²) in [6.07, 6.45) is 7.90. The zero-order chi connectivity index (χ0) is 13.9. The van der Waals surface area contributed by atoms with Crippen LogP contribution in [0.15, 0.2) is 24.3 Å².